The number of esters is 1. The standard InChI is InChI=1S/C26H28ClFN2O3/c1-33-24(31)16-23(18-5-4-6-20(28)15-18)29-25-21-7-2-3-8-22(21)26(32)30(25)14-13-17-9-11-19(27)12-10-17/h4-6,9-12,15,23,25,29H,2-3,7-8,13-14,16H2,1H3/t23-,25-/m0/s1. The quantitative estimate of drug-likeness (QED) is 0.554. The van der Waals surface area contributed by atoms with E-state index in [4.69, 9.17) is 16.3 Å². The van der Waals surface area contributed by atoms with E-state index in [0.717, 1.165) is 42.4 Å². The van der Waals surface area contributed by atoms with Crippen LogP contribution in [0.4, 0.5) is 4.39 Å². The van der Waals surface area contributed by atoms with Gasteiger partial charge in [-0.25, -0.2) is 4.39 Å². The van der Waals surface area contributed by atoms with E-state index in [9.17, 15) is 14.0 Å². The van der Waals surface area contributed by atoms with Crippen molar-refractivity contribution in [3.8, 4) is 0 Å². The molecule has 1 N–H and O–H groups in total. The third-order valence-corrected chi connectivity index (χ3v) is 6.69. The van der Waals surface area contributed by atoms with Gasteiger partial charge in [0.15, 0.2) is 0 Å². The number of nitrogens with zero attached hydrogens (tertiary/aromatic N) is 1. The van der Waals surface area contributed by atoms with Crippen LogP contribution in [-0.4, -0.2) is 36.6 Å². The van der Waals surface area contributed by atoms with Gasteiger partial charge in [-0.3, -0.25) is 14.9 Å². The lowest BCUT2D eigenvalue weighted by molar-refractivity contribution is -0.141. The van der Waals surface area contributed by atoms with Gasteiger partial charge >= 0.3 is 5.97 Å². The number of methoxy groups -OCH3 is 1. The summed E-state index contributed by atoms with van der Waals surface area (Å²) in [5.41, 5.74) is 3.71. The average molecular weight is 471 g/mol. The molecule has 1 aliphatic heterocycles. The first-order valence-corrected chi connectivity index (χ1v) is 11.7. The zero-order valence-corrected chi connectivity index (χ0v) is 19.4. The van der Waals surface area contributed by atoms with Crippen LogP contribution in [0.25, 0.3) is 0 Å². The van der Waals surface area contributed by atoms with E-state index in [0.29, 0.717) is 23.6 Å². The molecule has 174 valence electrons. The zero-order chi connectivity index (χ0) is 23.4. The number of amides is 1. The van der Waals surface area contributed by atoms with Crippen molar-refractivity contribution in [2.45, 2.75) is 50.7 Å². The van der Waals surface area contributed by atoms with Gasteiger partial charge in [-0.05, 0) is 73.1 Å². The predicted octanol–water partition coefficient (Wildman–Crippen LogP) is 4.95. The summed E-state index contributed by atoms with van der Waals surface area (Å²) in [6.45, 7) is 0.527. The minimum absolute atomic E-state index is 0.0400. The van der Waals surface area contributed by atoms with Crippen LogP contribution >= 0.6 is 11.6 Å². The first kappa shape index (κ1) is 23.5. The molecule has 2 atom stereocenters. The van der Waals surface area contributed by atoms with E-state index in [2.05, 4.69) is 5.32 Å². The van der Waals surface area contributed by atoms with Crippen molar-refractivity contribution in [3.05, 3.63) is 81.6 Å². The fourth-order valence-electron chi connectivity index (χ4n) is 4.71. The molecular weight excluding hydrogens is 443 g/mol. The van der Waals surface area contributed by atoms with Crippen molar-refractivity contribution in [1.29, 1.82) is 0 Å². The highest BCUT2D eigenvalue weighted by Crippen LogP contribution is 2.37. The minimum atomic E-state index is -0.488. The predicted molar refractivity (Wildman–Crippen MR) is 125 cm³/mol. The highest BCUT2D eigenvalue weighted by molar-refractivity contribution is 6.30. The maximum absolute atomic E-state index is 14.0. The molecule has 1 amide bonds. The second kappa shape index (κ2) is 10.5. The van der Waals surface area contributed by atoms with Crippen molar-refractivity contribution in [3.63, 3.8) is 0 Å². The summed E-state index contributed by atoms with van der Waals surface area (Å²) in [5.74, 6) is -0.720. The van der Waals surface area contributed by atoms with Crippen LogP contribution in [0.3, 0.4) is 0 Å². The Labute approximate surface area is 198 Å². The van der Waals surface area contributed by atoms with E-state index in [1.54, 1.807) is 12.1 Å². The molecule has 0 aromatic heterocycles. The highest BCUT2D eigenvalue weighted by Gasteiger charge is 2.40. The second-order valence-corrected chi connectivity index (χ2v) is 8.98. The molecule has 0 saturated heterocycles. The van der Waals surface area contributed by atoms with Gasteiger partial charge in [0.05, 0.1) is 13.5 Å². The summed E-state index contributed by atoms with van der Waals surface area (Å²) in [5, 5.41) is 4.18. The molecule has 4 rings (SSSR count). The molecule has 0 spiro atoms. The van der Waals surface area contributed by atoms with Crippen LogP contribution in [0, 0.1) is 5.82 Å². The van der Waals surface area contributed by atoms with Gasteiger partial charge in [-0.2, -0.15) is 0 Å². The minimum Gasteiger partial charge on any atom is -0.469 e. The number of hydrogen-bond donors (Lipinski definition) is 1. The molecule has 0 unspecified atom stereocenters. The molecule has 1 aliphatic carbocycles. The Morgan fingerprint density at radius 1 is 1.21 bits per heavy atom. The molecule has 0 fully saturated rings. The lowest BCUT2D eigenvalue weighted by Crippen LogP contribution is -2.48. The van der Waals surface area contributed by atoms with Crippen molar-refractivity contribution < 1.29 is 18.7 Å². The number of hydrogen-bond acceptors (Lipinski definition) is 4. The van der Waals surface area contributed by atoms with Crippen molar-refractivity contribution in [1.82, 2.24) is 10.2 Å². The summed E-state index contributed by atoms with van der Waals surface area (Å²) in [7, 11) is 1.34. The number of ether oxygens (including phenoxy) is 1. The highest BCUT2D eigenvalue weighted by atomic mass is 35.5. The van der Waals surface area contributed by atoms with E-state index in [-0.39, 0.29) is 24.3 Å². The smallest absolute Gasteiger partial charge is 0.307 e. The Kier molecular flexibility index (Phi) is 7.46. The number of carbonyl (C=O) groups excluding carboxylic acids is 2. The Balaban J connectivity index is 1.60. The largest absolute Gasteiger partial charge is 0.469 e. The van der Waals surface area contributed by atoms with E-state index < -0.39 is 12.0 Å². The molecular formula is C26H28ClFN2O3. The molecule has 0 bridgehead atoms. The van der Waals surface area contributed by atoms with Crippen LogP contribution in [0.1, 0.15) is 49.3 Å². The maximum Gasteiger partial charge on any atom is 0.307 e. The summed E-state index contributed by atoms with van der Waals surface area (Å²) in [4.78, 5) is 27.3. The molecule has 2 aliphatic rings. The lowest BCUT2D eigenvalue weighted by atomic mass is 9.92. The summed E-state index contributed by atoms with van der Waals surface area (Å²) in [6.07, 6.45) is 4.02. The van der Waals surface area contributed by atoms with Gasteiger partial charge in [0.25, 0.3) is 5.91 Å². The zero-order valence-electron chi connectivity index (χ0n) is 18.7. The molecule has 0 saturated carbocycles. The lowest BCUT2D eigenvalue weighted by Gasteiger charge is -2.32. The summed E-state index contributed by atoms with van der Waals surface area (Å²) < 4.78 is 18.9. The fourth-order valence-corrected chi connectivity index (χ4v) is 4.84. The number of nitrogens with one attached hydrogen (secondary N) is 1. The Bertz CT molecular complexity index is 1050. The van der Waals surface area contributed by atoms with Gasteiger partial charge in [0.1, 0.15) is 12.0 Å². The number of rotatable bonds is 8. The number of halogens is 2. The first-order valence-electron chi connectivity index (χ1n) is 11.3. The van der Waals surface area contributed by atoms with Crippen molar-refractivity contribution in [2.75, 3.05) is 13.7 Å². The summed E-state index contributed by atoms with van der Waals surface area (Å²) >= 11 is 6.00. The Morgan fingerprint density at radius 3 is 2.70 bits per heavy atom. The number of benzene rings is 2. The maximum atomic E-state index is 14.0. The van der Waals surface area contributed by atoms with E-state index in [1.807, 2.05) is 29.2 Å². The summed E-state index contributed by atoms with van der Waals surface area (Å²) in [6, 6.07) is 13.3. The number of carbonyl (C=O) groups is 2. The first-order chi connectivity index (χ1) is 16.0. The molecule has 7 heteroatoms. The van der Waals surface area contributed by atoms with Crippen molar-refractivity contribution in [2.24, 2.45) is 0 Å². The molecule has 0 radical (unpaired) electrons. The van der Waals surface area contributed by atoms with Crippen LogP contribution in [0.2, 0.25) is 5.02 Å². The van der Waals surface area contributed by atoms with Crippen LogP contribution in [0.5, 0.6) is 0 Å². The molecule has 2 aromatic carbocycles. The third kappa shape index (κ3) is 5.45. The average Bonchev–Trinajstić information content (AvgIpc) is 3.09. The second-order valence-electron chi connectivity index (χ2n) is 8.54. The monoisotopic (exact) mass is 470 g/mol. The van der Waals surface area contributed by atoms with Gasteiger partial charge in [0.2, 0.25) is 0 Å². The van der Waals surface area contributed by atoms with Crippen LogP contribution in [0.15, 0.2) is 59.7 Å². The van der Waals surface area contributed by atoms with E-state index in [1.165, 1.54) is 19.2 Å². The molecule has 33 heavy (non-hydrogen) atoms. The molecule has 2 aromatic rings. The van der Waals surface area contributed by atoms with Crippen molar-refractivity contribution >= 4 is 23.5 Å². The van der Waals surface area contributed by atoms with Gasteiger partial charge in [-0.15, -0.1) is 0 Å². The van der Waals surface area contributed by atoms with E-state index >= 15 is 0 Å². The van der Waals surface area contributed by atoms with Gasteiger partial charge in [0, 0.05) is 23.2 Å². The van der Waals surface area contributed by atoms with Crippen LogP contribution in [-0.2, 0) is 20.7 Å². The normalized spacial score (nSPS) is 18.9. The van der Waals surface area contributed by atoms with Crippen LogP contribution < -0.4 is 5.32 Å². The van der Waals surface area contributed by atoms with Gasteiger partial charge < -0.3 is 9.64 Å². The fraction of sp³-hybridized carbons (Fsp3) is 0.385. The molecule has 1 heterocycles. The van der Waals surface area contributed by atoms with Gasteiger partial charge in [-0.1, -0.05) is 35.9 Å². The SMILES string of the molecule is COC(=O)C[C@H](N[C@@H]1C2=C(CCCC2)C(=O)N1CCc1ccc(Cl)cc1)c1cccc(F)c1. The third-order valence-electron chi connectivity index (χ3n) is 6.43. The molecule has 5 nitrogen and oxygen atoms in total. The topological polar surface area (TPSA) is 58.6 Å². The Morgan fingerprint density at radius 2 is 1.97 bits per heavy atom. The Hall–Kier alpha value is -2.70.